The van der Waals surface area contributed by atoms with E-state index in [1.807, 2.05) is 6.08 Å². The molecule has 0 rings (SSSR count). The van der Waals surface area contributed by atoms with E-state index in [-0.39, 0.29) is 19.4 Å². The van der Waals surface area contributed by atoms with Gasteiger partial charge in [-0.15, -0.1) is 0 Å². The molecule has 0 aliphatic carbocycles. The molecule has 0 aromatic carbocycles. The van der Waals surface area contributed by atoms with Crippen LogP contribution >= 0.6 is 7.82 Å². The Morgan fingerprint density at radius 1 is 0.769 bits per heavy atom. The molecule has 230 valence electrons. The third-order valence-corrected chi connectivity index (χ3v) is 6.90. The molecular formula is C28H53O10P. The third-order valence-electron chi connectivity index (χ3n) is 5.95. The van der Waals surface area contributed by atoms with Crippen LogP contribution in [0.5, 0.6) is 0 Å². The van der Waals surface area contributed by atoms with Crippen LogP contribution in [-0.4, -0.2) is 65.7 Å². The molecule has 0 aromatic rings. The second kappa shape index (κ2) is 25.7. The summed E-state index contributed by atoms with van der Waals surface area (Å²) in [5.74, 6) is -1.04. The standard InChI is InChI=1S/C28H53O10P/c1-3-5-7-9-11-12-13-14-16-17-19-27(31)35-23-26(24-37-39(33,34)36-22-25(30)21-29)38-28(32)20-18-15-10-8-6-4-2/h16-17,25-26,29-30H,3-15,18-24H2,1-2H3,(H,33,34)/b17-16-/t25-,26+/m0/s1. The lowest BCUT2D eigenvalue weighted by atomic mass is 10.1. The number of allylic oxidation sites excluding steroid dienone is 1. The molecule has 11 heteroatoms. The molecule has 0 fully saturated rings. The maximum atomic E-state index is 12.3. The number of phosphoric acid groups is 1. The van der Waals surface area contributed by atoms with Crippen molar-refractivity contribution in [3.8, 4) is 0 Å². The van der Waals surface area contributed by atoms with Crippen LogP contribution in [0, 0.1) is 0 Å². The van der Waals surface area contributed by atoms with Gasteiger partial charge in [-0.25, -0.2) is 4.57 Å². The number of aliphatic hydroxyl groups excluding tert-OH is 2. The molecular weight excluding hydrogens is 527 g/mol. The molecule has 10 nitrogen and oxygen atoms in total. The predicted molar refractivity (Wildman–Crippen MR) is 150 cm³/mol. The fourth-order valence-electron chi connectivity index (χ4n) is 3.62. The average Bonchev–Trinajstić information content (AvgIpc) is 2.91. The Morgan fingerprint density at radius 3 is 1.95 bits per heavy atom. The first kappa shape index (κ1) is 37.7. The molecule has 0 saturated heterocycles. The van der Waals surface area contributed by atoms with Gasteiger partial charge in [-0.3, -0.25) is 18.6 Å². The fourth-order valence-corrected chi connectivity index (χ4v) is 4.41. The number of rotatable bonds is 27. The Morgan fingerprint density at radius 2 is 1.33 bits per heavy atom. The minimum atomic E-state index is -4.59. The minimum Gasteiger partial charge on any atom is -0.461 e. The molecule has 3 atom stereocenters. The highest BCUT2D eigenvalue weighted by atomic mass is 31.2. The van der Waals surface area contributed by atoms with Crippen molar-refractivity contribution in [3.63, 3.8) is 0 Å². The average molecular weight is 581 g/mol. The number of esters is 2. The van der Waals surface area contributed by atoms with Gasteiger partial charge in [-0.1, -0.05) is 96.6 Å². The van der Waals surface area contributed by atoms with Gasteiger partial charge in [-0.2, -0.15) is 0 Å². The van der Waals surface area contributed by atoms with Gasteiger partial charge in [0.2, 0.25) is 0 Å². The van der Waals surface area contributed by atoms with Gasteiger partial charge < -0.3 is 24.6 Å². The van der Waals surface area contributed by atoms with Crippen LogP contribution in [0.25, 0.3) is 0 Å². The van der Waals surface area contributed by atoms with Crippen molar-refractivity contribution >= 4 is 19.8 Å². The van der Waals surface area contributed by atoms with Crippen LogP contribution in [-0.2, 0) is 32.7 Å². The van der Waals surface area contributed by atoms with E-state index in [4.69, 9.17) is 19.1 Å². The molecule has 39 heavy (non-hydrogen) atoms. The van der Waals surface area contributed by atoms with Gasteiger partial charge in [0, 0.05) is 6.42 Å². The highest BCUT2D eigenvalue weighted by Gasteiger charge is 2.27. The van der Waals surface area contributed by atoms with Gasteiger partial charge in [-0.05, 0) is 19.3 Å². The summed E-state index contributed by atoms with van der Waals surface area (Å²) in [6, 6.07) is 0. The zero-order chi connectivity index (χ0) is 29.2. The number of hydrogen-bond donors (Lipinski definition) is 3. The molecule has 0 saturated carbocycles. The van der Waals surface area contributed by atoms with Crippen molar-refractivity contribution in [2.45, 2.75) is 129 Å². The summed E-state index contributed by atoms with van der Waals surface area (Å²) < 4.78 is 32.1. The molecule has 0 radical (unpaired) electrons. The zero-order valence-corrected chi connectivity index (χ0v) is 25.0. The van der Waals surface area contributed by atoms with Crippen LogP contribution in [0.2, 0.25) is 0 Å². The molecule has 3 N–H and O–H groups in total. The van der Waals surface area contributed by atoms with Crippen molar-refractivity contribution in [3.05, 3.63) is 12.2 Å². The number of hydrogen-bond acceptors (Lipinski definition) is 9. The van der Waals surface area contributed by atoms with Crippen molar-refractivity contribution in [2.24, 2.45) is 0 Å². The summed E-state index contributed by atoms with van der Waals surface area (Å²) in [5, 5.41) is 18.1. The summed E-state index contributed by atoms with van der Waals surface area (Å²) in [7, 11) is -4.59. The number of aliphatic hydroxyl groups is 2. The van der Waals surface area contributed by atoms with Gasteiger partial charge in [0.1, 0.15) is 12.7 Å². The van der Waals surface area contributed by atoms with Gasteiger partial charge in [0.15, 0.2) is 6.10 Å². The largest absolute Gasteiger partial charge is 0.472 e. The summed E-state index contributed by atoms with van der Waals surface area (Å²) >= 11 is 0. The molecule has 0 aromatic heterocycles. The highest BCUT2D eigenvalue weighted by Crippen LogP contribution is 2.43. The Kier molecular flexibility index (Phi) is 24.8. The Balaban J connectivity index is 4.54. The topological polar surface area (TPSA) is 149 Å². The van der Waals surface area contributed by atoms with E-state index in [0.29, 0.717) is 6.42 Å². The summed E-state index contributed by atoms with van der Waals surface area (Å²) in [6.45, 7) is 2.17. The summed E-state index contributed by atoms with van der Waals surface area (Å²) in [6.07, 6.45) is 16.9. The minimum absolute atomic E-state index is 0.0659. The lowest BCUT2D eigenvalue weighted by molar-refractivity contribution is -0.160. The van der Waals surface area contributed by atoms with Crippen LogP contribution in [0.1, 0.15) is 117 Å². The van der Waals surface area contributed by atoms with Crippen LogP contribution in [0.3, 0.4) is 0 Å². The molecule has 0 heterocycles. The van der Waals surface area contributed by atoms with E-state index < -0.39 is 51.8 Å². The van der Waals surface area contributed by atoms with E-state index in [2.05, 4.69) is 18.4 Å². The molecule has 0 spiro atoms. The number of unbranched alkanes of at least 4 members (excludes halogenated alkanes) is 12. The van der Waals surface area contributed by atoms with Crippen molar-refractivity contribution in [2.75, 3.05) is 26.4 Å². The van der Waals surface area contributed by atoms with Gasteiger partial charge in [0.25, 0.3) is 0 Å². The quantitative estimate of drug-likeness (QED) is 0.0473. The van der Waals surface area contributed by atoms with Crippen LogP contribution in [0.15, 0.2) is 12.2 Å². The van der Waals surface area contributed by atoms with Gasteiger partial charge in [0.05, 0.1) is 26.2 Å². The molecule has 0 amide bonds. The normalized spacial score (nSPS) is 14.7. The maximum absolute atomic E-state index is 12.3. The molecule has 0 aliphatic rings. The highest BCUT2D eigenvalue weighted by molar-refractivity contribution is 7.47. The molecule has 0 aliphatic heterocycles. The zero-order valence-electron chi connectivity index (χ0n) is 24.1. The number of carbonyl (C=O) groups is 2. The van der Waals surface area contributed by atoms with E-state index in [0.717, 1.165) is 44.9 Å². The lowest BCUT2D eigenvalue weighted by Crippen LogP contribution is -2.29. The lowest BCUT2D eigenvalue weighted by Gasteiger charge is -2.20. The maximum Gasteiger partial charge on any atom is 0.472 e. The molecule has 1 unspecified atom stereocenters. The van der Waals surface area contributed by atoms with Crippen molar-refractivity contribution in [1.82, 2.24) is 0 Å². The summed E-state index contributed by atoms with van der Waals surface area (Å²) in [4.78, 5) is 34.2. The van der Waals surface area contributed by atoms with Crippen molar-refractivity contribution in [1.29, 1.82) is 0 Å². The third kappa shape index (κ3) is 25.4. The first-order valence-corrected chi connectivity index (χ1v) is 16.1. The van der Waals surface area contributed by atoms with Gasteiger partial charge >= 0.3 is 19.8 Å². The van der Waals surface area contributed by atoms with Crippen molar-refractivity contribution < 1.29 is 47.8 Å². The monoisotopic (exact) mass is 580 g/mol. The van der Waals surface area contributed by atoms with E-state index in [1.54, 1.807) is 6.08 Å². The Bertz CT molecular complexity index is 685. The molecule has 0 bridgehead atoms. The Hall–Kier alpha value is -1.29. The number of phosphoric ester groups is 1. The second-order valence-corrected chi connectivity index (χ2v) is 11.2. The number of ether oxygens (including phenoxy) is 2. The smallest absolute Gasteiger partial charge is 0.461 e. The number of carbonyl (C=O) groups excluding carboxylic acids is 2. The second-order valence-electron chi connectivity index (χ2n) is 9.79. The van der Waals surface area contributed by atoms with E-state index in [9.17, 15) is 24.2 Å². The first-order chi connectivity index (χ1) is 18.7. The predicted octanol–water partition coefficient (Wildman–Crippen LogP) is 5.77. The fraction of sp³-hybridized carbons (Fsp3) is 0.857. The van der Waals surface area contributed by atoms with E-state index in [1.165, 1.54) is 38.5 Å². The first-order valence-electron chi connectivity index (χ1n) is 14.6. The van der Waals surface area contributed by atoms with E-state index >= 15 is 0 Å². The summed E-state index contributed by atoms with van der Waals surface area (Å²) in [5.41, 5.74) is 0. The SMILES string of the molecule is CCCCCCCCC/C=C\CC(=O)OC[C@H](COP(=O)(O)OC[C@@H](O)CO)OC(=O)CCCCCCCC. The van der Waals surface area contributed by atoms with Crippen LogP contribution in [0.4, 0.5) is 0 Å². The Labute approximate surface area is 235 Å². The van der Waals surface area contributed by atoms with Crippen LogP contribution < -0.4 is 0 Å².